The van der Waals surface area contributed by atoms with Crippen molar-refractivity contribution in [1.82, 2.24) is 4.31 Å². The second-order valence-electron chi connectivity index (χ2n) is 6.52. The fourth-order valence-electron chi connectivity index (χ4n) is 2.92. The van der Waals surface area contributed by atoms with Gasteiger partial charge in [0.25, 0.3) is 0 Å². The summed E-state index contributed by atoms with van der Waals surface area (Å²) in [6.07, 6.45) is 1.98. The van der Waals surface area contributed by atoms with Gasteiger partial charge in [-0.05, 0) is 77.4 Å². The molecule has 0 bridgehead atoms. The van der Waals surface area contributed by atoms with Gasteiger partial charge in [-0.15, -0.1) is 0 Å². The number of nitrogens with zero attached hydrogens (tertiary/aromatic N) is 1. The maximum atomic E-state index is 13.0. The predicted octanol–water partition coefficient (Wildman–Crippen LogP) is 4.80. The summed E-state index contributed by atoms with van der Waals surface area (Å²) in [5, 5.41) is 0. The molecule has 142 valence electrons. The van der Waals surface area contributed by atoms with E-state index >= 15 is 0 Å². The first-order valence-corrected chi connectivity index (χ1v) is 11.1. The van der Waals surface area contributed by atoms with E-state index in [1.54, 1.807) is 19.2 Å². The molecule has 6 heteroatoms. The van der Waals surface area contributed by atoms with Crippen LogP contribution in [0.3, 0.4) is 0 Å². The van der Waals surface area contributed by atoms with Crippen LogP contribution in [0.15, 0.2) is 70.6 Å². The monoisotopic (exact) mass is 495 g/mol. The maximum Gasteiger partial charge on any atom is 0.243 e. The van der Waals surface area contributed by atoms with Crippen LogP contribution in [0.2, 0.25) is 0 Å². The Hall–Kier alpha value is -1.64. The molecule has 0 radical (unpaired) electrons. The summed E-state index contributed by atoms with van der Waals surface area (Å²) in [4.78, 5) is 0.333. The van der Waals surface area contributed by atoms with Crippen molar-refractivity contribution in [3.05, 3.63) is 76.9 Å². The third-order valence-corrected chi connectivity index (χ3v) is 7.78. The van der Waals surface area contributed by atoms with Gasteiger partial charge in [0.1, 0.15) is 5.75 Å². The van der Waals surface area contributed by atoms with Crippen LogP contribution in [0.4, 0.5) is 0 Å². The summed E-state index contributed by atoms with van der Waals surface area (Å²) in [6.45, 7) is 4.73. The van der Waals surface area contributed by atoms with Crippen molar-refractivity contribution < 1.29 is 13.2 Å². The first-order valence-electron chi connectivity index (χ1n) is 8.60. The molecule has 0 fully saturated rings. The highest BCUT2D eigenvalue weighted by Gasteiger charge is 2.28. The number of rotatable bonds is 4. The molecule has 0 N–H and O–H groups in total. The second kappa shape index (κ2) is 8.16. The van der Waals surface area contributed by atoms with Gasteiger partial charge in [0.05, 0.1) is 12.0 Å². The molecule has 0 aromatic heterocycles. The number of hydrogen-bond acceptors (Lipinski definition) is 3. The predicted molar refractivity (Wildman–Crippen MR) is 118 cm³/mol. The van der Waals surface area contributed by atoms with E-state index in [1.165, 1.54) is 4.31 Å². The van der Waals surface area contributed by atoms with Gasteiger partial charge in [0.15, 0.2) is 0 Å². The summed E-state index contributed by atoms with van der Waals surface area (Å²) >= 11 is 2.30. The van der Waals surface area contributed by atoms with Gasteiger partial charge in [-0.25, -0.2) is 8.42 Å². The zero-order valence-electron chi connectivity index (χ0n) is 15.6. The van der Waals surface area contributed by atoms with E-state index < -0.39 is 10.0 Å². The lowest BCUT2D eigenvalue weighted by Crippen LogP contribution is -2.36. The minimum absolute atomic E-state index is 0.333. The van der Waals surface area contributed by atoms with E-state index in [-0.39, 0.29) is 0 Å². The average Bonchev–Trinajstić information content (AvgIpc) is 2.68. The summed E-state index contributed by atoms with van der Waals surface area (Å²) < 4.78 is 33.9. The van der Waals surface area contributed by atoms with Crippen molar-refractivity contribution in [2.45, 2.75) is 18.7 Å². The molecule has 1 aliphatic heterocycles. The molecule has 0 spiro atoms. The Morgan fingerprint density at radius 1 is 1.04 bits per heavy atom. The molecule has 0 atom stereocenters. The van der Waals surface area contributed by atoms with Crippen molar-refractivity contribution >= 4 is 36.2 Å². The third-order valence-electron chi connectivity index (χ3n) is 4.68. The Labute approximate surface area is 174 Å². The fourth-order valence-corrected chi connectivity index (χ4v) is 5.23. The van der Waals surface area contributed by atoms with Crippen molar-refractivity contribution in [2.24, 2.45) is 0 Å². The Kier molecular flexibility index (Phi) is 6.08. The highest BCUT2D eigenvalue weighted by Crippen LogP contribution is 2.34. The SMILES string of the molecule is COc1ccc(/C(I)=C2/CN(S(=O)(=O)c3ccc(C)cc3)CC=C2C)cc1. The van der Waals surface area contributed by atoms with Gasteiger partial charge in [-0.2, -0.15) is 4.31 Å². The summed E-state index contributed by atoms with van der Waals surface area (Å²) in [5.74, 6) is 0.799. The number of methoxy groups -OCH3 is 1. The van der Waals surface area contributed by atoms with Crippen LogP contribution in [0.25, 0.3) is 3.58 Å². The van der Waals surface area contributed by atoms with Crippen molar-refractivity contribution in [1.29, 1.82) is 0 Å². The zero-order chi connectivity index (χ0) is 19.6. The molecule has 1 heterocycles. The van der Waals surface area contributed by atoms with Crippen LogP contribution < -0.4 is 4.74 Å². The van der Waals surface area contributed by atoms with Crippen LogP contribution in [0.5, 0.6) is 5.75 Å². The lowest BCUT2D eigenvalue weighted by atomic mass is 10.0. The molecule has 1 aliphatic rings. The standard InChI is InChI=1S/C21H22INO3S/c1-15-4-10-19(11-5-15)27(24,25)23-13-12-16(2)20(14-23)21(22)17-6-8-18(26-3)9-7-17/h4-12H,13-14H2,1-3H3/b21-20+. The summed E-state index contributed by atoms with van der Waals surface area (Å²) in [7, 11) is -1.89. The number of benzene rings is 2. The molecule has 3 rings (SSSR count). The third kappa shape index (κ3) is 4.28. The van der Waals surface area contributed by atoms with Crippen LogP contribution in [-0.2, 0) is 10.0 Å². The Balaban J connectivity index is 1.95. The molecule has 2 aromatic carbocycles. The van der Waals surface area contributed by atoms with Gasteiger partial charge < -0.3 is 4.74 Å². The molecular formula is C21H22INO3S. The Morgan fingerprint density at radius 2 is 1.67 bits per heavy atom. The maximum absolute atomic E-state index is 13.0. The highest BCUT2D eigenvalue weighted by molar-refractivity contribution is 14.1. The summed E-state index contributed by atoms with van der Waals surface area (Å²) in [5.41, 5.74) is 4.24. The van der Waals surface area contributed by atoms with E-state index in [2.05, 4.69) is 22.6 Å². The van der Waals surface area contributed by atoms with E-state index in [1.807, 2.05) is 56.3 Å². The van der Waals surface area contributed by atoms with Gasteiger partial charge in [-0.1, -0.05) is 35.9 Å². The average molecular weight is 495 g/mol. The van der Waals surface area contributed by atoms with Crippen LogP contribution in [0, 0.1) is 6.92 Å². The minimum Gasteiger partial charge on any atom is -0.497 e. The first-order chi connectivity index (χ1) is 12.8. The van der Waals surface area contributed by atoms with Crippen LogP contribution in [0.1, 0.15) is 18.1 Å². The van der Waals surface area contributed by atoms with E-state index in [9.17, 15) is 8.42 Å². The molecule has 0 saturated carbocycles. The normalized spacial score (nSPS) is 17.4. The fraction of sp³-hybridized carbons (Fsp3) is 0.238. The molecule has 27 heavy (non-hydrogen) atoms. The number of sulfonamides is 1. The van der Waals surface area contributed by atoms with Crippen molar-refractivity contribution in [3.8, 4) is 5.75 Å². The second-order valence-corrected chi connectivity index (χ2v) is 9.54. The molecule has 0 amide bonds. The van der Waals surface area contributed by atoms with Crippen molar-refractivity contribution in [3.63, 3.8) is 0 Å². The lowest BCUT2D eigenvalue weighted by molar-refractivity contribution is 0.415. The Morgan fingerprint density at radius 3 is 2.26 bits per heavy atom. The van der Waals surface area contributed by atoms with Crippen LogP contribution >= 0.6 is 22.6 Å². The van der Waals surface area contributed by atoms with Gasteiger partial charge in [-0.3, -0.25) is 0 Å². The molecule has 0 aliphatic carbocycles. The molecule has 0 saturated heterocycles. The van der Waals surface area contributed by atoms with Gasteiger partial charge in [0, 0.05) is 16.7 Å². The molecule has 4 nitrogen and oxygen atoms in total. The molecule has 2 aromatic rings. The number of halogens is 1. The lowest BCUT2D eigenvalue weighted by Gasteiger charge is -2.28. The number of hydrogen-bond donors (Lipinski definition) is 0. The first kappa shape index (κ1) is 20.1. The van der Waals surface area contributed by atoms with E-state index in [0.29, 0.717) is 18.0 Å². The van der Waals surface area contributed by atoms with E-state index in [0.717, 1.165) is 31.6 Å². The van der Waals surface area contributed by atoms with E-state index in [4.69, 9.17) is 4.74 Å². The van der Waals surface area contributed by atoms with Crippen LogP contribution in [-0.4, -0.2) is 32.9 Å². The molecule has 0 unspecified atom stereocenters. The zero-order valence-corrected chi connectivity index (χ0v) is 18.5. The summed E-state index contributed by atoms with van der Waals surface area (Å²) in [6, 6.07) is 14.8. The quantitative estimate of drug-likeness (QED) is 0.573. The number of ether oxygens (including phenoxy) is 1. The van der Waals surface area contributed by atoms with Crippen molar-refractivity contribution in [2.75, 3.05) is 20.2 Å². The van der Waals surface area contributed by atoms with Gasteiger partial charge >= 0.3 is 0 Å². The Bertz CT molecular complexity index is 991. The van der Waals surface area contributed by atoms with Gasteiger partial charge in [0.2, 0.25) is 10.0 Å². The largest absolute Gasteiger partial charge is 0.497 e. The number of aryl methyl sites for hydroxylation is 1. The minimum atomic E-state index is -3.53. The highest BCUT2D eigenvalue weighted by atomic mass is 127. The smallest absolute Gasteiger partial charge is 0.243 e. The molecular weight excluding hydrogens is 473 g/mol. The topological polar surface area (TPSA) is 46.6 Å².